The molecule has 0 saturated carbocycles. The molecule has 10 aromatic carbocycles. The standard InChI is InChI=1S/C61H43NSi/c1-6-21-43(22-7-1)44-39-41-46(42-40-44)58-52-32-17-16-31-51(52)53-34-19-36-56(60(53)58)62-55-37-20-38-57(59(55)54-35-18-33-50(61(54)62)45-23-8-2-9-24-45)63(47-25-10-3-11-26-47,48-27-12-4-13-28-48)49-29-14-5-15-30-49/h1-42,58H. The van der Waals surface area contributed by atoms with Crippen molar-refractivity contribution in [2.75, 3.05) is 0 Å². The van der Waals surface area contributed by atoms with Gasteiger partial charge in [0.25, 0.3) is 0 Å². The highest BCUT2D eigenvalue weighted by Crippen LogP contribution is 2.52. The lowest BCUT2D eigenvalue weighted by Crippen LogP contribution is -2.74. The van der Waals surface area contributed by atoms with Gasteiger partial charge in [-0.15, -0.1) is 0 Å². The van der Waals surface area contributed by atoms with Crippen LogP contribution in [-0.2, 0) is 0 Å². The molecule has 1 atom stereocenters. The summed E-state index contributed by atoms with van der Waals surface area (Å²) in [6.45, 7) is 0. The van der Waals surface area contributed by atoms with E-state index in [1.165, 1.54) is 98.3 Å². The lowest BCUT2D eigenvalue weighted by atomic mass is 9.87. The van der Waals surface area contributed by atoms with E-state index in [1.807, 2.05) is 0 Å². The fourth-order valence-corrected chi connectivity index (χ4v) is 15.8. The van der Waals surface area contributed by atoms with Gasteiger partial charge in [-0.1, -0.05) is 243 Å². The normalized spacial score (nSPS) is 13.2. The Morgan fingerprint density at radius 1 is 0.349 bits per heavy atom. The van der Waals surface area contributed by atoms with E-state index in [4.69, 9.17) is 0 Å². The molecule has 296 valence electrons. The molecule has 0 N–H and O–H groups in total. The third-order valence-corrected chi connectivity index (χ3v) is 18.3. The van der Waals surface area contributed by atoms with Gasteiger partial charge in [0.1, 0.15) is 0 Å². The topological polar surface area (TPSA) is 4.93 Å². The van der Waals surface area contributed by atoms with Crippen molar-refractivity contribution < 1.29 is 0 Å². The van der Waals surface area contributed by atoms with Crippen LogP contribution in [0.1, 0.15) is 22.6 Å². The first-order valence-corrected chi connectivity index (χ1v) is 24.0. The molecule has 0 bridgehead atoms. The Hall–Kier alpha value is -7.78. The Morgan fingerprint density at radius 2 is 0.841 bits per heavy atom. The van der Waals surface area contributed by atoms with Gasteiger partial charge in [0, 0.05) is 22.3 Å². The summed E-state index contributed by atoms with van der Waals surface area (Å²) in [5, 5.41) is 8.06. The quantitative estimate of drug-likeness (QED) is 0.106. The van der Waals surface area contributed by atoms with Crippen molar-refractivity contribution in [3.8, 4) is 39.1 Å². The molecule has 1 heterocycles. The van der Waals surface area contributed by atoms with Crippen LogP contribution in [-0.4, -0.2) is 12.6 Å². The van der Waals surface area contributed by atoms with Crippen LogP contribution in [0.15, 0.2) is 255 Å². The molecule has 0 aliphatic heterocycles. The minimum Gasteiger partial charge on any atom is -0.308 e. The molecule has 1 nitrogen and oxygen atoms in total. The van der Waals surface area contributed by atoms with Crippen LogP contribution < -0.4 is 20.7 Å². The van der Waals surface area contributed by atoms with Crippen LogP contribution in [0.4, 0.5) is 0 Å². The SMILES string of the molecule is c1ccc(-c2ccc(C3c4ccccc4-c4cccc(-n5c6cccc([Si](c7ccccc7)(c7ccccc7)c7ccccc7)c6c6cccc(-c7ccccc7)c65)c43)cc2)cc1. The number of hydrogen-bond acceptors (Lipinski definition) is 0. The fraction of sp³-hybridized carbons (Fsp3) is 0.0164. The molecule has 0 spiro atoms. The second-order valence-electron chi connectivity index (χ2n) is 16.7. The summed E-state index contributed by atoms with van der Waals surface area (Å²) in [6, 6.07) is 95.1. The second kappa shape index (κ2) is 15.3. The highest BCUT2D eigenvalue weighted by atomic mass is 28.3. The summed E-state index contributed by atoms with van der Waals surface area (Å²) in [5.41, 5.74) is 15.1. The van der Waals surface area contributed by atoms with E-state index < -0.39 is 8.07 Å². The molecule has 2 heteroatoms. The Balaban J connectivity index is 1.21. The largest absolute Gasteiger partial charge is 0.308 e. The maximum Gasteiger partial charge on any atom is 0.180 e. The van der Waals surface area contributed by atoms with Gasteiger partial charge in [-0.05, 0) is 77.4 Å². The van der Waals surface area contributed by atoms with Gasteiger partial charge in [0.15, 0.2) is 8.07 Å². The van der Waals surface area contributed by atoms with Gasteiger partial charge >= 0.3 is 0 Å². The predicted molar refractivity (Wildman–Crippen MR) is 268 cm³/mol. The molecule has 0 amide bonds. The highest BCUT2D eigenvalue weighted by molar-refractivity contribution is 7.20. The first-order chi connectivity index (χ1) is 31.3. The highest BCUT2D eigenvalue weighted by Gasteiger charge is 2.43. The van der Waals surface area contributed by atoms with Crippen molar-refractivity contribution >= 4 is 50.6 Å². The van der Waals surface area contributed by atoms with E-state index in [2.05, 4.69) is 259 Å². The van der Waals surface area contributed by atoms with Gasteiger partial charge in [-0.25, -0.2) is 0 Å². The third kappa shape index (κ3) is 5.83. The Morgan fingerprint density at radius 3 is 1.48 bits per heavy atom. The Labute approximate surface area is 369 Å². The maximum absolute atomic E-state index is 2.95. The van der Waals surface area contributed by atoms with E-state index in [0.717, 1.165) is 0 Å². The van der Waals surface area contributed by atoms with Crippen molar-refractivity contribution in [3.63, 3.8) is 0 Å². The van der Waals surface area contributed by atoms with E-state index in [1.54, 1.807) is 0 Å². The predicted octanol–water partition coefficient (Wildman–Crippen LogP) is 12.7. The Bertz CT molecular complexity index is 3320. The summed E-state index contributed by atoms with van der Waals surface area (Å²) in [4.78, 5) is 0. The monoisotopic (exact) mass is 817 g/mol. The van der Waals surface area contributed by atoms with Crippen LogP contribution in [0, 0.1) is 0 Å². The summed E-state index contributed by atoms with van der Waals surface area (Å²) >= 11 is 0. The van der Waals surface area contributed by atoms with E-state index in [-0.39, 0.29) is 5.92 Å². The average molecular weight is 818 g/mol. The van der Waals surface area contributed by atoms with Gasteiger partial charge in [-0.2, -0.15) is 0 Å². The Kier molecular flexibility index (Phi) is 8.98. The fourth-order valence-electron chi connectivity index (χ4n) is 10.8. The van der Waals surface area contributed by atoms with Crippen molar-refractivity contribution in [1.82, 2.24) is 4.57 Å². The van der Waals surface area contributed by atoms with Crippen molar-refractivity contribution in [3.05, 3.63) is 271 Å². The number of fused-ring (bicyclic) bond motifs is 6. The van der Waals surface area contributed by atoms with Gasteiger partial charge in [0.05, 0.1) is 16.7 Å². The zero-order valence-electron chi connectivity index (χ0n) is 34.8. The number of aromatic nitrogens is 1. The molecular formula is C61H43NSi. The number of para-hydroxylation sites is 1. The first-order valence-electron chi connectivity index (χ1n) is 22.0. The van der Waals surface area contributed by atoms with Crippen LogP contribution in [0.3, 0.4) is 0 Å². The molecule has 0 radical (unpaired) electrons. The van der Waals surface area contributed by atoms with Gasteiger partial charge in [0.2, 0.25) is 0 Å². The summed E-state index contributed by atoms with van der Waals surface area (Å²) in [6.07, 6.45) is 0. The third-order valence-electron chi connectivity index (χ3n) is 13.4. The summed E-state index contributed by atoms with van der Waals surface area (Å²) in [7, 11) is -2.95. The first kappa shape index (κ1) is 37.0. The van der Waals surface area contributed by atoms with Crippen LogP contribution >= 0.6 is 0 Å². The molecule has 12 rings (SSSR count). The molecule has 11 aromatic rings. The second-order valence-corrected chi connectivity index (χ2v) is 20.5. The van der Waals surface area contributed by atoms with Crippen molar-refractivity contribution in [2.45, 2.75) is 5.92 Å². The molecule has 0 saturated heterocycles. The van der Waals surface area contributed by atoms with E-state index in [9.17, 15) is 0 Å². The number of benzene rings is 10. The zero-order chi connectivity index (χ0) is 41.7. The van der Waals surface area contributed by atoms with Crippen molar-refractivity contribution in [1.29, 1.82) is 0 Å². The van der Waals surface area contributed by atoms with E-state index in [0.29, 0.717) is 0 Å². The number of nitrogens with zero attached hydrogens (tertiary/aromatic N) is 1. The number of hydrogen-bond donors (Lipinski definition) is 0. The summed E-state index contributed by atoms with van der Waals surface area (Å²) in [5.74, 6) is 0.0446. The number of rotatable bonds is 8. The molecule has 1 aliphatic rings. The van der Waals surface area contributed by atoms with Crippen molar-refractivity contribution in [2.24, 2.45) is 0 Å². The van der Waals surface area contributed by atoms with Crippen LogP contribution in [0.25, 0.3) is 60.9 Å². The molecular weight excluding hydrogens is 775 g/mol. The minimum atomic E-state index is -2.95. The van der Waals surface area contributed by atoms with Crippen LogP contribution in [0.2, 0.25) is 0 Å². The molecule has 1 unspecified atom stereocenters. The van der Waals surface area contributed by atoms with Gasteiger partial charge in [-0.3, -0.25) is 0 Å². The molecule has 0 fully saturated rings. The minimum absolute atomic E-state index is 0.0446. The maximum atomic E-state index is 2.63. The average Bonchev–Trinajstić information content (AvgIpc) is 3.90. The molecule has 1 aliphatic carbocycles. The van der Waals surface area contributed by atoms with Gasteiger partial charge < -0.3 is 4.57 Å². The summed E-state index contributed by atoms with van der Waals surface area (Å²) < 4.78 is 2.63. The lowest BCUT2D eigenvalue weighted by Gasteiger charge is -2.35. The molecule has 63 heavy (non-hydrogen) atoms. The molecule has 1 aromatic heterocycles. The van der Waals surface area contributed by atoms with Crippen LogP contribution in [0.5, 0.6) is 0 Å². The lowest BCUT2D eigenvalue weighted by molar-refractivity contribution is 0.987. The smallest absolute Gasteiger partial charge is 0.180 e. The van der Waals surface area contributed by atoms with E-state index >= 15 is 0 Å². The zero-order valence-corrected chi connectivity index (χ0v) is 35.8.